The number of allylic oxidation sites excluding steroid dienone is 1. The molecule has 46 heavy (non-hydrogen) atoms. The van der Waals surface area contributed by atoms with Crippen LogP contribution in [0, 0.1) is 34.5 Å². The van der Waals surface area contributed by atoms with Gasteiger partial charge in [-0.3, -0.25) is 0 Å². The van der Waals surface area contributed by atoms with E-state index in [-0.39, 0.29) is 5.54 Å². The van der Waals surface area contributed by atoms with Crippen LogP contribution in [0.3, 0.4) is 0 Å². The molecule has 9 heteroatoms. The first-order chi connectivity index (χ1) is 21.7. The van der Waals surface area contributed by atoms with E-state index in [9.17, 15) is 13.2 Å². The van der Waals surface area contributed by atoms with Crippen LogP contribution in [0.2, 0.25) is 0 Å². The third kappa shape index (κ3) is 10.2. The van der Waals surface area contributed by atoms with Gasteiger partial charge >= 0.3 is 5.51 Å². The Bertz CT molecular complexity index is 1030. The van der Waals surface area contributed by atoms with Gasteiger partial charge in [0.15, 0.2) is 0 Å². The quantitative estimate of drug-likeness (QED) is 0.0907. The minimum atomic E-state index is -4.49. The molecule has 0 bridgehead atoms. The molecular weight excluding hydrogens is 642 g/mol. The highest BCUT2D eigenvalue weighted by Crippen LogP contribution is 2.68. The lowest BCUT2D eigenvalue weighted by molar-refractivity contribution is -0.493. The molecule has 3 saturated carbocycles. The number of halogens is 3. The van der Waals surface area contributed by atoms with Gasteiger partial charge in [-0.25, -0.2) is 4.58 Å². The number of rotatable bonds is 7. The van der Waals surface area contributed by atoms with Crippen LogP contribution in [0.1, 0.15) is 139 Å². The average Bonchev–Trinajstić information content (AvgIpc) is 3.37. The van der Waals surface area contributed by atoms with Crippen molar-refractivity contribution in [1.82, 2.24) is 0 Å². The summed E-state index contributed by atoms with van der Waals surface area (Å²) in [5.41, 5.74) is 5.74. The molecule has 0 aromatic rings. The monoisotopic (exact) mass is 707 g/mol. The van der Waals surface area contributed by atoms with E-state index in [1.807, 2.05) is 38.5 Å². The lowest BCUT2D eigenvalue weighted by atomic mass is 9.44. The second-order valence-corrected chi connectivity index (χ2v) is 17.8. The van der Waals surface area contributed by atoms with Gasteiger partial charge < -0.3 is 10.3 Å². The van der Waals surface area contributed by atoms with Gasteiger partial charge in [-0.05, 0) is 92.3 Å². The van der Waals surface area contributed by atoms with Gasteiger partial charge in [0, 0.05) is 34.1 Å². The molecule has 7 unspecified atom stereocenters. The minimum Gasteiger partial charge on any atom is -0.324 e. The van der Waals surface area contributed by atoms with Gasteiger partial charge in [0.1, 0.15) is 25.6 Å². The molecule has 0 saturated heterocycles. The molecule has 5 rings (SSSR count). The van der Waals surface area contributed by atoms with Gasteiger partial charge in [-0.1, -0.05) is 103 Å². The maximum absolute atomic E-state index is 10.5. The topological polar surface area (TPSA) is 49.3 Å². The highest BCUT2D eigenvalue weighted by atomic mass is 33.1. The summed E-state index contributed by atoms with van der Waals surface area (Å²) in [5, 5.41) is 2.18. The number of nitrogens with two attached hydrogens (primary N) is 1. The maximum atomic E-state index is 10.5. The zero-order valence-electron chi connectivity index (χ0n) is 30.3. The third-order valence-electron chi connectivity index (χ3n) is 11.7. The van der Waals surface area contributed by atoms with Crippen molar-refractivity contribution in [2.45, 2.75) is 155 Å². The van der Waals surface area contributed by atoms with Crippen LogP contribution >= 0.6 is 33.6 Å². The van der Waals surface area contributed by atoms with E-state index in [4.69, 9.17) is 10.3 Å². The molecule has 4 aliphatic carbocycles. The van der Waals surface area contributed by atoms with E-state index < -0.39 is 17.6 Å². The Balaban J connectivity index is 0.000000653. The smallest absolute Gasteiger partial charge is 0.324 e. The molecule has 7 atom stereocenters. The lowest BCUT2D eigenvalue weighted by Gasteiger charge is -2.63. The summed E-state index contributed by atoms with van der Waals surface area (Å²) in [6.45, 7) is 19.2. The number of nitrogens with zero attached hydrogens (tertiary/aromatic N) is 1. The molecule has 1 aliphatic heterocycles. The molecule has 268 valence electrons. The highest BCUT2D eigenvalue weighted by molar-refractivity contribution is 8.82. The SMILES string of the molecule is CC.CC.CC(C)CCCCC1CCC2C1(C)CCC1C3(C)CCC(SSC4=[N+](C)CCC=C4)CC3=CCC12N.OSC(F)(F)F. The van der Waals surface area contributed by atoms with E-state index in [0.717, 1.165) is 36.0 Å². The third-order valence-corrected chi connectivity index (χ3v) is 14.9. The van der Waals surface area contributed by atoms with Crippen molar-refractivity contribution in [1.29, 1.82) is 0 Å². The summed E-state index contributed by atoms with van der Waals surface area (Å²) in [7, 11) is 6.39. The Morgan fingerprint density at radius 3 is 2.30 bits per heavy atom. The molecule has 0 radical (unpaired) electrons. The fourth-order valence-electron chi connectivity index (χ4n) is 9.35. The van der Waals surface area contributed by atoms with Gasteiger partial charge in [0.05, 0.1) is 0 Å². The van der Waals surface area contributed by atoms with Crippen LogP contribution in [0.5, 0.6) is 0 Å². The average molecular weight is 708 g/mol. The largest absolute Gasteiger partial charge is 0.467 e. The van der Waals surface area contributed by atoms with Crippen LogP contribution in [-0.4, -0.2) is 44.1 Å². The highest BCUT2D eigenvalue weighted by Gasteiger charge is 2.63. The van der Waals surface area contributed by atoms with Crippen molar-refractivity contribution in [3.8, 4) is 0 Å². The number of unbranched alkanes of at least 4 members (excludes halogenated alkanes) is 1. The Morgan fingerprint density at radius 2 is 1.70 bits per heavy atom. The van der Waals surface area contributed by atoms with E-state index in [2.05, 4.69) is 68.3 Å². The Hall–Kier alpha value is -0.0900. The molecule has 0 aromatic heterocycles. The van der Waals surface area contributed by atoms with Crippen molar-refractivity contribution < 1.29 is 22.3 Å². The first-order valence-electron chi connectivity index (χ1n) is 18.2. The van der Waals surface area contributed by atoms with E-state index in [1.165, 1.54) is 82.1 Å². The van der Waals surface area contributed by atoms with Gasteiger partial charge in [0.2, 0.25) is 5.04 Å². The number of alkyl halides is 3. The Kier molecular flexibility index (Phi) is 17.2. The second-order valence-electron chi connectivity index (χ2n) is 14.6. The molecule has 3 fully saturated rings. The fraction of sp³-hybridized carbons (Fsp3) is 0.865. The predicted molar refractivity (Wildman–Crippen MR) is 200 cm³/mol. The molecule has 0 spiro atoms. The van der Waals surface area contributed by atoms with E-state index in [0.29, 0.717) is 16.7 Å². The zero-order valence-corrected chi connectivity index (χ0v) is 32.8. The second kappa shape index (κ2) is 18.8. The van der Waals surface area contributed by atoms with Crippen LogP contribution in [-0.2, 0) is 0 Å². The van der Waals surface area contributed by atoms with Crippen molar-refractivity contribution in [2.24, 2.45) is 40.2 Å². The van der Waals surface area contributed by atoms with Crippen LogP contribution < -0.4 is 5.73 Å². The standard InChI is InChI=1S/C32H53N2S2.2C2H6.CHF3OS/c1-23(2)10-6-7-11-24-13-14-27-30(24,3)19-17-28-31(4)18-16-26(22-25(31)15-20-32(27,28)33)35-36-29-12-8-9-21-34(29)5;2*1-2;2-1(3,4)6-5/h8,12,15,23-24,26-28H,6-7,9-11,13-14,16-22,33H2,1-5H3;2*1-2H3;5H/q+1;;;. The Morgan fingerprint density at radius 1 is 1.02 bits per heavy atom. The first kappa shape index (κ1) is 42.1. The minimum absolute atomic E-state index is 0.0259. The summed E-state index contributed by atoms with van der Waals surface area (Å²) >= 11 is -1.12. The maximum Gasteiger partial charge on any atom is 0.467 e. The van der Waals surface area contributed by atoms with Gasteiger partial charge in [0.25, 0.3) is 0 Å². The molecular formula is C37H66F3N2OS3+. The van der Waals surface area contributed by atoms with Crippen molar-refractivity contribution in [3.63, 3.8) is 0 Å². The van der Waals surface area contributed by atoms with Gasteiger partial charge in [-0.2, -0.15) is 13.2 Å². The van der Waals surface area contributed by atoms with Crippen molar-refractivity contribution in [2.75, 3.05) is 13.6 Å². The normalized spacial score (nSPS) is 34.9. The van der Waals surface area contributed by atoms with E-state index in [1.54, 1.807) is 5.57 Å². The summed E-state index contributed by atoms with van der Waals surface area (Å²) < 4.78 is 41.1. The van der Waals surface area contributed by atoms with Crippen molar-refractivity contribution in [3.05, 3.63) is 23.8 Å². The zero-order chi connectivity index (χ0) is 34.8. The number of hydrogen-bond acceptors (Lipinski definition) is 5. The van der Waals surface area contributed by atoms with Crippen molar-refractivity contribution >= 4 is 38.7 Å². The summed E-state index contributed by atoms with van der Waals surface area (Å²) in [6.07, 6.45) is 24.9. The summed E-state index contributed by atoms with van der Waals surface area (Å²) in [6, 6.07) is 0. The van der Waals surface area contributed by atoms with E-state index >= 15 is 0 Å². The van der Waals surface area contributed by atoms with Gasteiger partial charge in [-0.15, -0.1) is 0 Å². The van der Waals surface area contributed by atoms with Crippen LogP contribution in [0.25, 0.3) is 0 Å². The molecule has 3 nitrogen and oxygen atoms in total. The molecule has 5 aliphatic rings. The molecule has 3 N–H and O–H groups in total. The lowest BCUT2D eigenvalue weighted by Crippen LogP contribution is -2.66. The Labute approximate surface area is 292 Å². The van der Waals surface area contributed by atoms with Crippen LogP contribution in [0.4, 0.5) is 13.2 Å². The molecule has 0 aromatic carbocycles. The first-order valence-corrected chi connectivity index (χ1v) is 21.2. The molecule has 1 heterocycles. The van der Waals surface area contributed by atoms with Crippen LogP contribution in [0.15, 0.2) is 23.8 Å². The summed E-state index contributed by atoms with van der Waals surface area (Å²) in [5.74, 6) is 3.16. The summed E-state index contributed by atoms with van der Waals surface area (Å²) in [4.78, 5) is 0. The predicted octanol–water partition coefficient (Wildman–Crippen LogP) is 12.4. The molecule has 0 amide bonds. The fourth-order valence-corrected chi connectivity index (χ4v) is 12.2. The number of fused-ring (bicyclic) bond motifs is 5. The number of hydrogen-bond donors (Lipinski definition) is 2.